The van der Waals surface area contributed by atoms with Crippen molar-refractivity contribution in [1.29, 1.82) is 0 Å². The standard InChI is InChI=1S/C20H30N4O4/c1-20(2,3)28-19(27)22-12-13-4-6-14(7-5-13)15-8-10-16(11-9-15)23-17(25)18(26)24-21/h8-11,13-14H,4-7,12,21H2,1-3H3,(H,22,27)(H,23,25)(H,24,26). The predicted octanol–water partition coefficient (Wildman–Crippen LogP) is 2.41. The van der Waals surface area contributed by atoms with Gasteiger partial charge < -0.3 is 15.4 Å². The molecule has 3 amide bonds. The number of anilines is 1. The normalized spacial score (nSPS) is 19.4. The van der Waals surface area contributed by atoms with Crippen LogP contribution < -0.4 is 21.9 Å². The van der Waals surface area contributed by atoms with Gasteiger partial charge in [0, 0.05) is 12.2 Å². The van der Waals surface area contributed by atoms with Crippen molar-refractivity contribution in [3.63, 3.8) is 0 Å². The van der Waals surface area contributed by atoms with Crippen LogP contribution in [0.15, 0.2) is 24.3 Å². The van der Waals surface area contributed by atoms with Gasteiger partial charge in [-0.25, -0.2) is 10.6 Å². The van der Waals surface area contributed by atoms with E-state index in [1.165, 1.54) is 5.56 Å². The lowest BCUT2D eigenvalue weighted by molar-refractivity contribution is -0.136. The van der Waals surface area contributed by atoms with E-state index < -0.39 is 17.4 Å². The maximum Gasteiger partial charge on any atom is 0.407 e. The molecule has 1 aromatic carbocycles. The zero-order valence-corrected chi connectivity index (χ0v) is 16.7. The van der Waals surface area contributed by atoms with E-state index in [9.17, 15) is 14.4 Å². The van der Waals surface area contributed by atoms with Gasteiger partial charge in [0.2, 0.25) is 0 Å². The molecule has 0 aromatic heterocycles. The molecule has 5 N–H and O–H groups in total. The summed E-state index contributed by atoms with van der Waals surface area (Å²) in [4.78, 5) is 34.4. The number of hydrazine groups is 1. The van der Waals surface area contributed by atoms with Crippen LogP contribution in [0.5, 0.6) is 0 Å². The van der Waals surface area contributed by atoms with Crippen LogP contribution in [0.1, 0.15) is 57.9 Å². The number of alkyl carbamates (subject to hydrolysis) is 1. The average molecular weight is 390 g/mol. The highest BCUT2D eigenvalue weighted by atomic mass is 16.6. The lowest BCUT2D eigenvalue weighted by Crippen LogP contribution is -2.39. The lowest BCUT2D eigenvalue weighted by Gasteiger charge is -2.29. The molecule has 0 radical (unpaired) electrons. The minimum Gasteiger partial charge on any atom is -0.444 e. The number of benzene rings is 1. The molecule has 8 nitrogen and oxygen atoms in total. The predicted molar refractivity (Wildman–Crippen MR) is 106 cm³/mol. The van der Waals surface area contributed by atoms with Gasteiger partial charge in [-0.05, 0) is 76.0 Å². The first kappa shape index (κ1) is 21.7. The van der Waals surface area contributed by atoms with Crippen molar-refractivity contribution in [2.75, 3.05) is 11.9 Å². The molecule has 8 heteroatoms. The third-order valence-corrected chi connectivity index (χ3v) is 4.76. The van der Waals surface area contributed by atoms with Gasteiger partial charge in [0.15, 0.2) is 0 Å². The highest BCUT2D eigenvalue weighted by Crippen LogP contribution is 2.35. The molecular formula is C20H30N4O4. The monoisotopic (exact) mass is 390 g/mol. The van der Waals surface area contributed by atoms with Crippen molar-refractivity contribution in [3.05, 3.63) is 29.8 Å². The molecule has 0 heterocycles. The van der Waals surface area contributed by atoms with E-state index in [4.69, 9.17) is 10.6 Å². The van der Waals surface area contributed by atoms with Crippen LogP contribution in [0.2, 0.25) is 0 Å². The average Bonchev–Trinajstić information content (AvgIpc) is 2.65. The summed E-state index contributed by atoms with van der Waals surface area (Å²) in [7, 11) is 0. The summed E-state index contributed by atoms with van der Waals surface area (Å²) in [6.07, 6.45) is 3.80. The summed E-state index contributed by atoms with van der Waals surface area (Å²) < 4.78 is 5.27. The molecule has 0 atom stereocenters. The third kappa shape index (κ3) is 6.84. The number of carbonyl (C=O) groups excluding carboxylic acids is 3. The van der Waals surface area contributed by atoms with Gasteiger partial charge in [0.25, 0.3) is 0 Å². The highest BCUT2D eigenvalue weighted by molar-refractivity contribution is 6.39. The van der Waals surface area contributed by atoms with Crippen LogP contribution in [0.4, 0.5) is 10.5 Å². The first-order chi connectivity index (χ1) is 13.2. The van der Waals surface area contributed by atoms with Gasteiger partial charge in [-0.15, -0.1) is 0 Å². The largest absolute Gasteiger partial charge is 0.444 e. The Labute approximate surface area is 165 Å². The summed E-state index contributed by atoms with van der Waals surface area (Å²) in [5, 5.41) is 5.35. The van der Waals surface area contributed by atoms with Crippen LogP contribution in [0.25, 0.3) is 0 Å². The number of rotatable bonds is 4. The van der Waals surface area contributed by atoms with Gasteiger partial charge in [0.1, 0.15) is 5.60 Å². The van der Waals surface area contributed by atoms with Crippen molar-refractivity contribution < 1.29 is 19.1 Å². The molecule has 28 heavy (non-hydrogen) atoms. The van der Waals surface area contributed by atoms with E-state index in [1.807, 2.05) is 32.9 Å². The Morgan fingerprint density at radius 1 is 1.04 bits per heavy atom. The van der Waals surface area contributed by atoms with Crippen molar-refractivity contribution >= 4 is 23.6 Å². The Balaban J connectivity index is 1.77. The summed E-state index contributed by atoms with van der Waals surface area (Å²) in [5.74, 6) is 4.16. The van der Waals surface area contributed by atoms with Crippen LogP contribution in [-0.2, 0) is 14.3 Å². The van der Waals surface area contributed by atoms with Crippen LogP contribution in [0.3, 0.4) is 0 Å². The topological polar surface area (TPSA) is 123 Å². The Morgan fingerprint density at radius 2 is 1.64 bits per heavy atom. The fourth-order valence-corrected chi connectivity index (χ4v) is 3.33. The lowest BCUT2D eigenvalue weighted by atomic mass is 9.78. The first-order valence-corrected chi connectivity index (χ1v) is 9.56. The van der Waals surface area contributed by atoms with E-state index in [1.54, 1.807) is 17.6 Å². The SMILES string of the molecule is CC(C)(C)OC(=O)NCC1CCC(c2ccc(NC(=O)C(=O)NN)cc2)CC1. The Morgan fingerprint density at radius 3 is 2.18 bits per heavy atom. The molecule has 2 rings (SSSR count). The molecule has 154 valence electrons. The number of nitrogens with two attached hydrogens (primary N) is 1. The minimum absolute atomic E-state index is 0.365. The number of amides is 3. The van der Waals surface area contributed by atoms with Gasteiger partial charge >= 0.3 is 17.9 Å². The highest BCUT2D eigenvalue weighted by Gasteiger charge is 2.24. The maximum atomic E-state index is 11.8. The molecule has 0 unspecified atom stereocenters. The number of ether oxygens (including phenoxy) is 1. The second-order valence-corrected chi connectivity index (χ2v) is 8.15. The van der Waals surface area contributed by atoms with E-state index in [2.05, 4.69) is 10.6 Å². The summed E-state index contributed by atoms with van der Waals surface area (Å²) >= 11 is 0. The Kier molecular flexibility index (Phi) is 7.39. The molecule has 1 aliphatic carbocycles. The van der Waals surface area contributed by atoms with Crippen molar-refractivity contribution in [3.8, 4) is 0 Å². The first-order valence-electron chi connectivity index (χ1n) is 9.56. The second-order valence-electron chi connectivity index (χ2n) is 8.15. The fourth-order valence-electron chi connectivity index (χ4n) is 3.33. The molecule has 0 saturated heterocycles. The number of hydrogen-bond donors (Lipinski definition) is 4. The third-order valence-electron chi connectivity index (χ3n) is 4.76. The Bertz CT molecular complexity index is 689. The smallest absolute Gasteiger partial charge is 0.407 e. The zero-order chi connectivity index (χ0) is 20.7. The van der Waals surface area contributed by atoms with Gasteiger partial charge in [-0.1, -0.05) is 12.1 Å². The van der Waals surface area contributed by atoms with Crippen molar-refractivity contribution in [2.24, 2.45) is 11.8 Å². The molecule has 1 aliphatic rings. The van der Waals surface area contributed by atoms with E-state index in [-0.39, 0.29) is 6.09 Å². The van der Waals surface area contributed by atoms with E-state index in [0.717, 1.165) is 25.7 Å². The van der Waals surface area contributed by atoms with Gasteiger partial charge in [-0.3, -0.25) is 15.0 Å². The molecule has 0 spiro atoms. The van der Waals surface area contributed by atoms with Crippen molar-refractivity contribution in [2.45, 2.75) is 58.0 Å². The number of nitrogens with one attached hydrogen (secondary N) is 3. The van der Waals surface area contributed by atoms with Gasteiger partial charge in [0.05, 0.1) is 0 Å². The molecule has 0 aliphatic heterocycles. The number of hydrogen-bond acceptors (Lipinski definition) is 5. The Hall–Kier alpha value is -2.61. The van der Waals surface area contributed by atoms with E-state index >= 15 is 0 Å². The summed E-state index contributed by atoms with van der Waals surface area (Å²) in [6.45, 7) is 6.18. The molecule has 1 saturated carbocycles. The molecule has 0 bridgehead atoms. The molecular weight excluding hydrogens is 360 g/mol. The maximum absolute atomic E-state index is 11.8. The fraction of sp³-hybridized carbons (Fsp3) is 0.550. The second kappa shape index (κ2) is 9.54. The summed E-state index contributed by atoms with van der Waals surface area (Å²) in [5.41, 5.74) is 3.07. The quantitative estimate of drug-likeness (QED) is 0.272. The van der Waals surface area contributed by atoms with Gasteiger partial charge in [-0.2, -0.15) is 0 Å². The van der Waals surface area contributed by atoms with Crippen molar-refractivity contribution in [1.82, 2.24) is 10.7 Å². The van der Waals surface area contributed by atoms with Crippen LogP contribution in [-0.4, -0.2) is 30.1 Å². The zero-order valence-electron chi connectivity index (χ0n) is 16.7. The van der Waals surface area contributed by atoms with Crippen LogP contribution >= 0.6 is 0 Å². The molecule has 1 fully saturated rings. The number of carbonyl (C=O) groups is 3. The molecule has 1 aromatic rings. The van der Waals surface area contributed by atoms with E-state index in [0.29, 0.717) is 24.1 Å². The minimum atomic E-state index is -0.887. The summed E-state index contributed by atoms with van der Waals surface area (Å²) in [6, 6.07) is 7.51. The van der Waals surface area contributed by atoms with Crippen LogP contribution in [0, 0.1) is 5.92 Å².